The molecule has 0 atom stereocenters. The highest BCUT2D eigenvalue weighted by molar-refractivity contribution is 7.92. The second-order valence-electron chi connectivity index (χ2n) is 5.00. The van der Waals surface area contributed by atoms with E-state index in [2.05, 4.69) is 15.5 Å². The lowest BCUT2D eigenvalue weighted by Crippen LogP contribution is -2.23. The molecule has 0 unspecified atom stereocenters. The first-order valence-corrected chi connectivity index (χ1v) is 8.46. The zero-order valence-corrected chi connectivity index (χ0v) is 13.6. The first-order valence-electron chi connectivity index (χ1n) is 6.60. The summed E-state index contributed by atoms with van der Waals surface area (Å²) in [5, 5.41) is 8.82. The minimum atomic E-state index is -5.56. The third-order valence-electron chi connectivity index (χ3n) is 3.31. The lowest BCUT2D eigenvalue weighted by molar-refractivity contribution is -0.0435. The smallest absolute Gasteiger partial charge is 0.355 e. The summed E-state index contributed by atoms with van der Waals surface area (Å²) >= 11 is 5.75. The van der Waals surface area contributed by atoms with Gasteiger partial charge in [0.05, 0.1) is 11.7 Å². The van der Waals surface area contributed by atoms with Gasteiger partial charge in [-0.25, -0.2) is 12.8 Å². The number of aromatic nitrogens is 2. The van der Waals surface area contributed by atoms with Crippen LogP contribution in [0.25, 0.3) is 10.9 Å². The maximum atomic E-state index is 13.4. The van der Waals surface area contributed by atoms with Gasteiger partial charge in [0.1, 0.15) is 10.7 Å². The first-order chi connectivity index (χ1) is 11.6. The summed E-state index contributed by atoms with van der Waals surface area (Å²) in [6, 6.07) is 5.54. The second kappa shape index (κ2) is 5.88. The van der Waals surface area contributed by atoms with E-state index in [0.29, 0.717) is 0 Å². The van der Waals surface area contributed by atoms with Crippen LogP contribution in [0.4, 0.5) is 28.9 Å². The molecule has 11 heteroatoms. The Morgan fingerprint density at radius 2 is 1.88 bits per heavy atom. The van der Waals surface area contributed by atoms with Crippen LogP contribution in [-0.4, -0.2) is 24.1 Å². The highest BCUT2D eigenvalue weighted by Crippen LogP contribution is 2.36. The standard InChI is InChI=1S/C14H8ClF4N3O2S/c15-7-3-8(16)5-9(4-7)21-11-1-2-12(13-10(11)6-20-22-13)25(23,24)14(17,18)19/h1-6,21H,(H,20,22). The molecule has 0 aliphatic rings. The largest absolute Gasteiger partial charge is 0.501 e. The number of nitrogens with zero attached hydrogens (tertiary/aromatic N) is 1. The van der Waals surface area contributed by atoms with Gasteiger partial charge in [-0.1, -0.05) is 11.6 Å². The van der Waals surface area contributed by atoms with Crippen LogP contribution < -0.4 is 5.32 Å². The fourth-order valence-corrected chi connectivity index (χ4v) is 3.39. The lowest BCUT2D eigenvalue weighted by atomic mass is 10.2. The molecule has 0 saturated heterocycles. The van der Waals surface area contributed by atoms with Crippen LogP contribution in [0.15, 0.2) is 41.4 Å². The van der Waals surface area contributed by atoms with Gasteiger partial charge < -0.3 is 5.32 Å². The summed E-state index contributed by atoms with van der Waals surface area (Å²) in [6.07, 6.45) is 1.16. The minimum absolute atomic E-state index is 0.0886. The predicted octanol–water partition coefficient (Wildman–Crippen LogP) is 4.39. The summed E-state index contributed by atoms with van der Waals surface area (Å²) in [5.41, 5.74) is -5.30. The zero-order valence-electron chi connectivity index (χ0n) is 12.0. The van der Waals surface area contributed by atoms with Gasteiger partial charge in [-0.3, -0.25) is 5.10 Å². The monoisotopic (exact) mass is 393 g/mol. The molecule has 2 aromatic carbocycles. The van der Waals surface area contributed by atoms with Crippen LogP contribution in [0.1, 0.15) is 0 Å². The van der Waals surface area contributed by atoms with Crippen molar-refractivity contribution in [2.24, 2.45) is 0 Å². The molecule has 5 nitrogen and oxygen atoms in total. The Balaban J connectivity index is 2.12. The fraction of sp³-hybridized carbons (Fsp3) is 0.0714. The Hall–Kier alpha value is -2.33. The molecule has 0 saturated carbocycles. The minimum Gasteiger partial charge on any atom is -0.355 e. The molecule has 1 aromatic heterocycles. The topological polar surface area (TPSA) is 74.8 Å². The maximum Gasteiger partial charge on any atom is 0.501 e. The number of anilines is 2. The first kappa shape index (κ1) is 17.5. The molecule has 25 heavy (non-hydrogen) atoms. The maximum absolute atomic E-state index is 13.4. The summed E-state index contributed by atoms with van der Waals surface area (Å²) in [5.74, 6) is -0.616. The summed E-state index contributed by atoms with van der Waals surface area (Å²) < 4.78 is 75.1. The van der Waals surface area contributed by atoms with E-state index in [9.17, 15) is 26.0 Å². The molecule has 3 aromatic rings. The van der Waals surface area contributed by atoms with Gasteiger partial charge in [0.15, 0.2) is 0 Å². The molecule has 0 spiro atoms. The third kappa shape index (κ3) is 3.14. The third-order valence-corrected chi connectivity index (χ3v) is 5.06. The van der Waals surface area contributed by atoms with E-state index in [0.717, 1.165) is 30.5 Å². The van der Waals surface area contributed by atoms with Gasteiger partial charge in [0, 0.05) is 21.8 Å². The van der Waals surface area contributed by atoms with Gasteiger partial charge in [0.2, 0.25) is 0 Å². The number of aromatic amines is 1. The average Bonchev–Trinajstić information content (AvgIpc) is 2.94. The van der Waals surface area contributed by atoms with Crippen LogP contribution >= 0.6 is 11.6 Å². The summed E-state index contributed by atoms with van der Waals surface area (Å²) in [4.78, 5) is -0.949. The molecule has 0 aliphatic heterocycles. The van der Waals surface area contributed by atoms with Crippen molar-refractivity contribution < 1.29 is 26.0 Å². The lowest BCUT2D eigenvalue weighted by Gasteiger charge is -2.12. The van der Waals surface area contributed by atoms with Crippen molar-refractivity contribution in [3.8, 4) is 0 Å². The van der Waals surface area contributed by atoms with Gasteiger partial charge in [-0.2, -0.15) is 18.3 Å². The van der Waals surface area contributed by atoms with Gasteiger partial charge in [-0.15, -0.1) is 0 Å². The normalized spacial score (nSPS) is 12.5. The number of halogens is 5. The number of nitrogens with one attached hydrogen (secondary N) is 2. The number of benzene rings is 2. The molecule has 2 N–H and O–H groups in total. The predicted molar refractivity (Wildman–Crippen MR) is 84.0 cm³/mol. The highest BCUT2D eigenvalue weighted by atomic mass is 35.5. The summed E-state index contributed by atoms with van der Waals surface area (Å²) in [6.45, 7) is 0. The van der Waals surface area contributed by atoms with E-state index >= 15 is 0 Å². The van der Waals surface area contributed by atoms with Crippen molar-refractivity contribution in [1.29, 1.82) is 0 Å². The van der Waals surface area contributed by atoms with E-state index in [4.69, 9.17) is 11.6 Å². The number of alkyl halides is 3. The summed E-state index contributed by atoms with van der Waals surface area (Å²) in [7, 11) is -5.56. The Morgan fingerprint density at radius 1 is 1.16 bits per heavy atom. The van der Waals surface area contributed by atoms with Crippen molar-refractivity contribution in [3.05, 3.63) is 47.4 Å². The molecule has 0 radical (unpaired) electrons. The van der Waals surface area contributed by atoms with Crippen molar-refractivity contribution in [3.63, 3.8) is 0 Å². The van der Waals surface area contributed by atoms with Crippen LogP contribution in [0.3, 0.4) is 0 Å². The van der Waals surface area contributed by atoms with E-state index in [1.165, 1.54) is 6.07 Å². The van der Waals surface area contributed by atoms with Crippen LogP contribution in [0.5, 0.6) is 0 Å². The molecular formula is C14H8ClF4N3O2S. The van der Waals surface area contributed by atoms with Crippen LogP contribution in [0.2, 0.25) is 5.02 Å². The molecular weight excluding hydrogens is 386 g/mol. The van der Waals surface area contributed by atoms with Crippen molar-refractivity contribution in [1.82, 2.24) is 10.2 Å². The number of sulfone groups is 1. The Labute approximate surface area is 143 Å². The molecule has 1 heterocycles. The van der Waals surface area contributed by atoms with E-state index in [1.54, 1.807) is 0 Å². The van der Waals surface area contributed by atoms with Gasteiger partial charge in [0.25, 0.3) is 9.84 Å². The van der Waals surface area contributed by atoms with E-state index < -0.39 is 26.1 Å². The Bertz CT molecular complexity index is 1040. The molecule has 0 aliphatic carbocycles. The van der Waals surface area contributed by atoms with Crippen molar-refractivity contribution in [2.75, 3.05) is 5.32 Å². The van der Waals surface area contributed by atoms with Crippen LogP contribution in [0, 0.1) is 5.82 Å². The number of hydrogen-bond donors (Lipinski definition) is 2. The molecule has 0 amide bonds. The van der Waals surface area contributed by atoms with Crippen molar-refractivity contribution >= 4 is 43.7 Å². The SMILES string of the molecule is O=S(=O)(c1ccc(Nc2cc(F)cc(Cl)c2)c2cn[nH]c12)C(F)(F)F. The van der Waals surface area contributed by atoms with E-state index in [1.807, 2.05) is 0 Å². The number of rotatable bonds is 3. The quantitative estimate of drug-likeness (QED) is 0.647. The van der Waals surface area contributed by atoms with Gasteiger partial charge in [-0.05, 0) is 30.3 Å². The molecule has 3 rings (SSSR count). The van der Waals surface area contributed by atoms with Crippen molar-refractivity contribution in [2.45, 2.75) is 10.4 Å². The molecule has 0 fully saturated rings. The second-order valence-corrected chi connectivity index (χ2v) is 7.35. The molecule has 0 bridgehead atoms. The Morgan fingerprint density at radius 3 is 2.52 bits per heavy atom. The fourth-order valence-electron chi connectivity index (χ4n) is 2.25. The molecule has 132 valence electrons. The zero-order chi connectivity index (χ0) is 18.4. The number of H-pyrrole nitrogens is 1. The highest BCUT2D eigenvalue weighted by Gasteiger charge is 2.48. The number of hydrogen-bond acceptors (Lipinski definition) is 4. The van der Waals surface area contributed by atoms with Crippen LogP contribution in [-0.2, 0) is 9.84 Å². The average molecular weight is 394 g/mol. The Kier molecular flexibility index (Phi) is 4.12. The van der Waals surface area contributed by atoms with E-state index in [-0.39, 0.29) is 27.3 Å². The van der Waals surface area contributed by atoms with Gasteiger partial charge >= 0.3 is 5.51 Å². The number of fused-ring (bicyclic) bond motifs is 1.